The van der Waals surface area contributed by atoms with Crippen LogP contribution < -0.4 is 5.32 Å². The molecule has 142 valence electrons. The number of carbonyl (C=O) groups is 1. The molecule has 1 N–H and O–H groups in total. The summed E-state index contributed by atoms with van der Waals surface area (Å²) in [4.78, 5) is 18.2. The van der Waals surface area contributed by atoms with Gasteiger partial charge in [-0.1, -0.05) is 47.5 Å². The topological polar surface area (TPSA) is 55.1 Å². The van der Waals surface area contributed by atoms with Crippen LogP contribution in [0.4, 0.5) is 5.13 Å². The Morgan fingerprint density at radius 2 is 1.93 bits per heavy atom. The Morgan fingerprint density at radius 1 is 1.14 bits per heavy atom. The van der Waals surface area contributed by atoms with E-state index >= 15 is 0 Å². The smallest absolute Gasteiger partial charge is 0.293 e. The minimum Gasteiger partial charge on any atom is -0.451 e. The molecule has 0 fully saturated rings. The Balaban J connectivity index is 1.55. The average molecular weight is 431 g/mol. The largest absolute Gasteiger partial charge is 0.451 e. The fraction of sp³-hybridized carbons (Fsp3) is 0.143. The Morgan fingerprint density at radius 3 is 2.68 bits per heavy atom. The molecule has 4 aromatic rings. The van der Waals surface area contributed by atoms with E-state index in [1.54, 1.807) is 6.07 Å². The van der Waals surface area contributed by atoms with Gasteiger partial charge < -0.3 is 4.42 Å². The summed E-state index contributed by atoms with van der Waals surface area (Å²) >= 11 is 13.5. The lowest BCUT2D eigenvalue weighted by Gasteiger charge is -2.02. The van der Waals surface area contributed by atoms with Gasteiger partial charge in [0.2, 0.25) is 0 Å². The average Bonchev–Trinajstić information content (AvgIpc) is 3.18. The first kappa shape index (κ1) is 19.0. The van der Waals surface area contributed by atoms with Crippen molar-refractivity contribution in [1.82, 2.24) is 4.98 Å². The zero-order chi connectivity index (χ0) is 19.8. The van der Waals surface area contributed by atoms with Crippen LogP contribution in [0.5, 0.6) is 0 Å². The number of thiazole rings is 1. The zero-order valence-corrected chi connectivity index (χ0v) is 17.5. The molecule has 0 aliphatic carbocycles. The summed E-state index contributed by atoms with van der Waals surface area (Å²) in [6, 6.07) is 13.2. The van der Waals surface area contributed by atoms with Gasteiger partial charge in [-0.2, -0.15) is 0 Å². The minimum atomic E-state index is -0.302. The predicted octanol–water partition coefficient (Wildman–Crippen LogP) is 6.66. The van der Waals surface area contributed by atoms with Crippen LogP contribution >= 0.6 is 34.5 Å². The van der Waals surface area contributed by atoms with Crippen LogP contribution in [0.25, 0.3) is 11.0 Å². The molecule has 28 heavy (non-hydrogen) atoms. The van der Waals surface area contributed by atoms with Crippen molar-refractivity contribution in [3.05, 3.63) is 80.0 Å². The van der Waals surface area contributed by atoms with Gasteiger partial charge in [-0.3, -0.25) is 10.1 Å². The fourth-order valence-corrected chi connectivity index (χ4v) is 4.34. The maximum atomic E-state index is 12.7. The highest BCUT2D eigenvalue weighted by molar-refractivity contribution is 7.15. The number of hydrogen-bond acceptors (Lipinski definition) is 4. The SMILES string of the molecule is Cc1nc(NC(=O)c2oc3ccccc3c2C)sc1Cc1ccc(Cl)c(Cl)c1. The van der Waals surface area contributed by atoms with Crippen molar-refractivity contribution in [1.29, 1.82) is 0 Å². The number of fused-ring (bicyclic) bond motifs is 1. The maximum Gasteiger partial charge on any atom is 0.293 e. The molecule has 2 aromatic carbocycles. The van der Waals surface area contributed by atoms with Crippen molar-refractivity contribution in [3.63, 3.8) is 0 Å². The van der Waals surface area contributed by atoms with Crippen molar-refractivity contribution in [2.24, 2.45) is 0 Å². The number of aromatic nitrogens is 1. The minimum absolute atomic E-state index is 0.302. The first-order valence-electron chi connectivity index (χ1n) is 8.62. The second-order valence-electron chi connectivity index (χ2n) is 6.46. The summed E-state index contributed by atoms with van der Waals surface area (Å²) in [6.45, 7) is 3.80. The molecule has 0 radical (unpaired) electrons. The number of benzene rings is 2. The molecule has 2 aromatic heterocycles. The van der Waals surface area contributed by atoms with Crippen LogP contribution in [0.2, 0.25) is 10.0 Å². The number of nitrogens with one attached hydrogen (secondary N) is 1. The lowest BCUT2D eigenvalue weighted by Crippen LogP contribution is -2.11. The first-order valence-corrected chi connectivity index (χ1v) is 10.2. The lowest BCUT2D eigenvalue weighted by molar-refractivity contribution is 0.0998. The van der Waals surface area contributed by atoms with Crippen LogP contribution in [0.15, 0.2) is 46.9 Å². The number of halogens is 2. The molecular weight excluding hydrogens is 415 g/mol. The second-order valence-corrected chi connectivity index (χ2v) is 8.36. The van der Waals surface area contributed by atoms with Crippen LogP contribution in [0, 0.1) is 13.8 Å². The highest BCUT2D eigenvalue weighted by atomic mass is 35.5. The van der Waals surface area contributed by atoms with Crippen molar-refractivity contribution in [2.75, 3.05) is 5.32 Å². The van der Waals surface area contributed by atoms with E-state index in [4.69, 9.17) is 27.6 Å². The molecular formula is C21H16Cl2N2O2S. The highest BCUT2D eigenvalue weighted by Crippen LogP contribution is 2.30. The van der Waals surface area contributed by atoms with Crippen LogP contribution in [-0.2, 0) is 6.42 Å². The number of furan rings is 1. The molecule has 4 rings (SSSR count). The predicted molar refractivity (Wildman–Crippen MR) is 115 cm³/mol. The van der Waals surface area contributed by atoms with E-state index < -0.39 is 0 Å². The summed E-state index contributed by atoms with van der Waals surface area (Å²) in [5.41, 5.74) is 3.41. The van der Waals surface area contributed by atoms with Gasteiger partial charge in [-0.25, -0.2) is 4.98 Å². The number of rotatable bonds is 4. The van der Waals surface area contributed by atoms with E-state index in [0.29, 0.717) is 32.9 Å². The molecule has 0 bridgehead atoms. The third-order valence-electron chi connectivity index (χ3n) is 4.51. The van der Waals surface area contributed by atoms with Gasteiger partial charge in [0, 0.05) is 22.2 Å². The van der Waals surface area contributed by atoms with Gasteiger partial charge in [-0.15, -0.1) is 11.3 Å². The molecule has 4 nitrogen and oxygen atoms in total. The van der Waals surface area contributed by atoms with Gasteiger partial charge in [0.25, 0.3) is 5.91 Å². The van der Waals surface area contributed by atoms with Crippen molar-refractivity contribution >= 4 is 56.5 Å². The van der Waals surface area contributed by atoms with Crippen molar-refractivity contribution in [3.8, 4) is 0 Å². The number of amides is 1. The Labute approximate surface area is 176 Å². The van der Waals surface area contributed by atoms with Crippen molar-refractivity contribution in [2.45, 2.75) is 20.3 Å². The second kappa shape index (κ2) is 7.59. The van der Waals surface area contributed by atoms with E-state index in [0.717, 1.165) is 27.1 Å². The molecule has 1 amide bonds. The molecule has 2 heterocycles. The fourth-order valence-electron chi connectivity index (χ4n) is 3.03. The Hall–Kier alpha value is -2.34. The molecule has 7 heteroatoms. The van der Waals surface area contributed by atoms with Gasteiger partial charge in [-0.05, 0) is 37.6 Å². The van der Waals surface area contributed by atoms with Gasteiger partial charge in [0.15, 0.2) is 10.9 Å². The quantitative estimate of drug-likeness (QED) is 0.393. The Bertz CT molecular complexity index is 1200. The third-order valence-corrected chi connectivity index (χ3v) is 6.32. The number of para-hydroxylation sites is 1. The van der Waals surface area contributed by atoms with Crippen LogP contribution in [0.3, 0.4) is 0 Å². The molecule has 0 unspecified atom stereocenters. The molecule has 0 spiro atoms. The summed E-state index contributed by atoms with van der Waals surface area (Å²) in [6.07, 6.45) is 0.667. The summed E-state index contributed by atoms with van der Waals surface area (Å²) in [5, 5.41) is 5.38. The summed E-state index contributed by atoms with van der Waals surface area (Å²) in [5.74, 6) is 0.00336. The van der Waals surface area contributed by atoms with E-state index in [2.05, 4.69) is 10.3 Å². The molecule has 0 aliphatic rings. The van der Waals surface area contributed by atoms with E-state index in [-0.39, 0.29) is 5.91 Å². The standard InChI is InChI=1S/C21H16Cl2N2O2S/c1-11-14-5-3-4-6-17(14)27-19(11)20(26)25-21-24-12(2)18(28-21)10-13-7-8-15(22)16(23)9-13/h3-9H,10H2,1-2H3,(H,24,25,26). The Kier molecular flexibility index (Phi) is 5.15. The zero-order valence-electron chi connectivity index (χ0n) is 15.2. The third kappa shape index (κ3) is 3.65. The lowest BCUT2D eigenvalue weighted by atomic mass is 10.1. The van der Waals surface area contributed by atoms with Gasteiger partial charge in [0.05, 0.1) is 15.7 Å². The summed E-state index contributed by atoms with van der Waals surface area (Å²) < 4.78 is 5.73. The van der Waals surface area contributed by atoms with E-state index in [9.17, 15) is 4.79 Å². The van der Waals surface area contributed by atoms with Crippen LogP contribution in [-0.4, -0.2) is 10.9 Å². The number of aryl methyl sites for hydroxylation is 2. The van der Waals surface area contributed by atoms with Crippen molar-refractivity contribution < 1.29 is 9.21 Å². The number of nitrogens with zero attached hydrogens (tertiary/aromatic N) is 1. The molecule has 0 aliphatic heterocycles. The molecule has 0 saturated heterocycles. The summed E-state index contributed by atoms with van der Waals surface area (Å²) in [7, 11) is 0. The first-order chi connectivity index (χ1) is 13.4. The normalized spacial score (nSPS) is 11.1. The molecule has 0 atom stereocenters. The van der Waals surface area contributed by atoms with Gasteiger partial charge in [0.1, 0.15) is 5.58 Å². The van der Waals surface area contributed by atoms with Crippen LogP contribution in [0.1, 0.15) is 32.3 Å². The molecule has 0 saturated carbocycles. The highest BCUT2D eigenvalue weighted by Gasteiger charge is 2.19. The number of anilines is 1. The van der Waals surface area contributed by atoms with E-state index in [1.165, 1.54) is 11.3 Å². The van der Waals surface area contributed by atoms with E-state index in [1.807, 2.05) is 50.2 Å². The van der Waals surface area contributed by atoms with Gasteiger partial charge >= 0.3 is 0 Å². The number of carbonyl (C=O) groups excluding carboxylic acids is 1. The monoisotopic (exact) mass is 430 g/mol. The number of hydrogen-bond donors (Lipinski definition) is 1. The maximum absolute atomic E-state index is 12.7.